The van der Waals surface area contributed by atoms with Crippen LogP contribution in [0.15, 0.2) is 53.6 Å². The number of aromatic nitrogens is 6. The second kappa shape index (κ2) is 9.60. The van der Waals surface area contributed by atoms with Crippen LogP contribution in [0.1, 0.15) is 25.6 Å². The fourth-order valence-corrected chi connectivity index (χ4v) is 5.22. The quantitative estimate of drug-likeness (QED) is 0.318. The van der Waals surface area contributed by atoms with Crippen LogP contribution in [0.3, 0.4) is 0 Å². The first kappa shape index (κ1) is 24.2. The van der Waals surface area contributed by atoms with Gasteiger partial charge in [-0.2, -0.15) is 5.10 Å². The highest BCUT2D eigenvalue weighted by Gasteiger charge is 2.25. The van der Waals surface area contributed by atoms with Gasteiger partial charge in [-0.15, -0.1) is 0 Å². The third kappa shape index (κ3) is 4.41. The molecule has 1 aliphatic rings. The number of likely N-dealkylation sites (N-methyl/N-ethyl adjacent to an activating group) is 1. The maximum absolute atomic E-state index is 13.6. The standard InChI is InChI=1S/C28H33N9O/c1-17(2)24(20-7-5-6-10-29-20)33-26-23(28(38)32-22-16-36(4)34-25(22)26)27-30-19-9-8-18(15-21(19)31-27)37-13-11-35(3)12-14-37/h5-10,15-17,24,33H,11-14H2,1-4H3,(H,30,31)(H,32,38). The van der Waals surface area contributed by atoms with Crippen molar-refractivity contribution in [3.8, 4) is 11.4 Å². The molecule has 1 fully saturated rings. The predicted molar refractivity (Wildman–Crippen MR) is 152 cm³/mol. The zero-order valence-corrected chi connectivity index (χ0v) is 22.2. The maximum atomic E-state index is 13.6. The first-order valence-corrected chi connectivity index (χ1v) is 13.1. The fourth-order valence-electron chi connectivity index (χ4n) is 5.22. The number of fused-ring (bicyclic) bond motifs is 2. The van der Waals surface area contributed by atoms with E-state index in [9.17, 15) is 4.79 Å². The van der Waals surface area contributed by atoms with Crippen molar-refractivity contribution in [2.45, 2.75) is 19.9 Å². The van der Waals surface area contributed by atoms with Gasteiger partial charge in [-0.3, -0.25) is 14.5 Å². The highest BCUT2D eigenvalue weighted by Crippen LogP contribution is 2.35. The summed E-state index contributed by atoms with van der Waals surface area (Å²) in [5.41, 5.74) is 5.98. The molecule has 1 unspecified atom stereocenters. The number of piperazine rings is 1. The Kier molecular flexibility index (Phi) is 6.11. The molecule has 0 radical (unpaired) electrons. The van der Waals surface area contributed by atoms with Crippen molar-refractivity contribution in [1.82, 2.24) is 34.6 Å². The lowest BCUT2D eigenvalue weighted by molar-refractivity contribution is 0.313. The smallest absolute Gasteiger partial charge is 0.261 e. The third-order valence-corrected chi connectivity index (χ3v) is 7.33. The molecule has 1 aliphatic heterocycles. The number of H-pyrrole nitrogens is 2. The van der Waals surface area contributed by atoms with E-state index in [2.05, 4.69) is 63.1 Å². The Bertz CT molecular complexity index is 1640. The van der Waals surface area contributed by atoms with Crippen molar-refractivity contribution >= 4 is 33.4 Å². The van der Waals surface area contributed by atoms with Crippen LogP contribution >= 0.6 is 0 Å². The molecule has 196 valence electrons. The van der Waals surface area contributed by atoms with E-state index in [1.54, 1.807) is 10.9 Å². The van der Waals surface area contributed by atoms with Crippen molar-refractivity contribution in [2.24, 2.45) is 13.0 Å². The number of imidazole rings is 1. The molecule has 0 aliphatic carbocycles. The summed E-state index contributed by atoms with van der Waals surface area (Å²) in [6.07, 6.45) is 3.61. The topological polar surface area (TPSA) is 111 Å². The second-order valence-corrected chi connectivity index (χ2v) is 10.5. The first-order valence-electron chi connectivity index (χ1n) is 13.1. The summed E-state index contributed by atoms with van der Waals surface area (Å²) in [5, 5.41) is 8.33. The van der Waals surface area contributed by atoms with Gasteiger partial charge in [-0.1, -0.05) is 19.9 Å². The molecule has 0 saturated carbocycles. The van der Waals surface area contributed by atoms with Crippen LogP contribution in [0, 0.1) is 5.92 Å². The Hall–Kier alpha value is -4.18. The van der Waals surface area contributed by atoms with Gasteiger partial charge in [0.1, 0.15) is 16.9 Å². The van der Waals surface area contributed by atoms with E-state index in [4.69, 9.17) is 10.1 Å². The molecule has 5 heterocycles. The van der Waals surface area contributed by atoms with Crippen LogP contribution in [0.5, 0.6) is 0 Å². The number of aryl methyl sites for hydroxylation is 1. The van der Waals surface area contributed by atoms with Crippen molar-refractivity contribution < 1.29 is 0 Å². The van der Waals surface area contributed by atoms with Crippen LogP contribution in [0.4, 0.5) is 11.4 Å². The van der Waals surface area contributed by atoms with E-state index >= 15 is 0 Å². The van der Waals surface area contributed by atoms with Crippen molar-refractivity contribution in [3.63, 3.8) is 0 Å². The highest BCUT2D eigenvalue weighted by molar-refractivity contribution is 5.96. The maximum Gasteiger partial charge on any atom is 0.261 e. The van der Waals surface area contributed by atoms with Crippen molar-refractivity contribution in [2.75, 3.05) is 43.4 Å². The Morgan fingerprint density at radius 3 is 2.55 bits per heavy atom. The van der Waals surface area contributed by atoms with Crippen LogP contribution in [-0.4, -0.2) is 67.8 Å². The molecular formula is C28H33N9O. The first-order chi connectivity index (χ1) is 18.4. The summed E-state index contributed by atoms with van der Waals surface area (Å²) >= 11 is 0. The molecular weight excluding hydrogens is 478 g/mol. The van der Waals surface area contributed by atoms with Gasteiger partial charge in [0.15, 0.2) is 0 Å². The molecule has 0 amide bonds. The Morgan fingerprint density at radius 1 is 1.00 bits per heavy atom. The molecule has 0 bridgehead atoms. The zero-order chi connectivity index (χ0) is 26.4. The van der Waals surface area contributed by atoms with Crippen LogP contribution in [0.25, 0.3) is 33.5 Å². The van der Waals surface area contributed by atoms with Crippen LogP contribution in [-0.2, 0) is 7.05 Å². The number of rotatable bonds is 6. The number of nitrogens with zero attached hydrogens (tertiary/aromatic N) is 6. The molecule has 38 heavy (non-hydrogen) atoms. The monoisotopic (exact) mass is 511 g/mol. The Labute approximate surface area is 220 Å². The number of hydrogen-bond acceptors (Lipinski definition) is 7. The minimum Gasteiger partial charge on any atom is -0.374 e. The number of aromatic amines is 2. The largest absolute Gasteiger partial charge is 0.374 e. The summed E-state index contributed by atoms with van der Waals surface area (Å²) in [6, 6.07) is 12.0. The summed E-state index contributed by atoms with van der Waals surface area (Å²) in [6.45, 7) is 8.31. The summed E-state index contributed by atoms with van der Waals surface area (Å²) in [5.74, 6) is 0.716. The molecule has 3 N–H and O–H groups in total. The lowest BCUT2D eigenvalue weighted by Crippen LogP contribution is -2.44. The number of nitrogens with one attached hydrogen (secondary N) is 3. The van der Waals surface area contributed by atoms with Crippen molar-refractivity contribution in [1.29, 1.82) is 0 Å². The summed E-state index contributed by atoms with van der Waals surface area (Å²) in [4.78, 5) is 34.2. The number of benzene rings is 1. The van der Waals surface area contributed by atoms with E-state index in [-0.39, 0.29) is 17.5 Å². The Balaban J connectivity index is 1.47. The van der Waals surface area contributed by atoms with Gasteiger partial charge >= 0.3 is 0 Å². The minimum absolute atomic E-state index is 0.129. The lowest BCUT2D eigenvalue weighted by Gasteiger charge is -2.34. The van der Waals surface area contributed by atoms with Gasteiger partial charge < -0.3 is 25.1 Å². The van der Waals surface area contributed by atoms with E-state index < -0.39 is 0 Å². The lowest BCUT2D eigenvalue weighted by atomic mass is 9.99. The van der Waals surface area contributed by atoms with Gasteiger partial charge in [0.05, 0.1) is 34.0 Å². The molecule has 5 aromatic rings. The van der Waals surface area contributed by atoms with E-state index in [0.29, 0.717) is 28.1 Å². The van der Waals surface area contributed by atoms with Crippen molar-refractivity contribution in [3.05, 3.63) is 64.8 Å². The minimum atomic E-state index is -0.227. The number of pyridine rings is 2. The van der Waals surface area contributed by atoms with Gasteiger partial charge in [0.25, 0.3) is 5.56 Å². The average Bonchev–Trinajstić information content (AvgIpc) is 3.49. The SMILES string of the molecule is CC(C)C(Nc1c(-c2nc3ccc(N4CCN(C)CC4)cc3[nH]2)c(=O)[nH]c2cn(C)nc12)c1ccccn1. The van der Waals surface area contributed by atoms with E-state index in [0.717, 1.165) is 48.6 Å². The van der Waals surface area contributed by atoms with Gasteiger partial charge in [-0.25, -0.2) is 4.98 Å². The second-order valence-electron chi connectivity index (χ2n) is 10.5. The average molecular weight is 512 g/mol. The Morgan fingerprint density at radius 2 is 1.82 bits per heavy atom. The molecule has 4 aromatic heterocycles. The molecule has 1 aromatic carbocycles. The third-order valence-electron chi connectivity index (χ3n) is 7.33. The van der Waals surface area contributed by atoms with Gasteiger partial charge in [0, 0.05) is 51.3 Å². The summed E-state index contributed by atoms with van der Waals surface area (Å²) < 4.78 is 1.71. The molecule has 6 rings (SSSR count). The van der Waals surface area contributed by atoms with E-state index in [1.165, 1.54) is 0 Å². The van der Waals surface area contributed by atoms with Gasteiger partial charge in [0.2, 0.25) is 0 Å². The molecule has 1 atom stereocenters. The zero-order valence-electron chi connectivity index (χ0n) is 22.2. The predicted octanol–water partition coefficient (Wildman–Crippen LogP) is 3.76. The number of hydrogen-bond donors (Lipinski definition) is 3. The molecule has 10 nitrogen and oxygen atoms in total. The molecule has 1 saturated heterocycles. The van der Waals surface area contributed by atoms with Crippen LogP contribution in [0.2, 0.25) is 0 Å². The highest BCUT2D eigenvalue weighted by atomic mass is 16.1. The van der Waals surface area contributed by atoms with E-state index in [1.807, 2.05) is 37.5 Å². The van der Waals surface area contributed by atoms with Crippen LogP contribution < -0.4 is 15.8 Å². The fraction of sp³-hybridized carbons (Fsp3) is 0.357. The normalized spacial score (nSPS) is 15.6. The molecule has 0 spiro atoms. The summed E-state index contributed by atoms with van der Waals surface area (Å²) in [7, 11) is 4.00. The van der Waals surface area contributed by atoms with Gasteiger partial charge in [-0.05, 0) is 43.3 Å². The molecule has 10 heteroatoms. The number of anilines is 2.